The largest absolute Gasteiger partial charge is 0.339 e. The first-order valence-corrected chi connectivity index (χ1v) is 8.58. The van der Waals surface area contributed by atoms with E-state index in [0.29, 0.717) is 25.9 Å². The highest BCUT2D eigenvalue weighted by Crippen LogP contribution is 2.16. The number of carbonyl (C=O) groups excluding carboxylic acids is 1. The van der Waals surface area contributed by atoms with Crippen molar-refractivity contribution in [1.29, 1.82) is 0 Å². The van der Waals surface area contributed by atoms with Crippen LogP contribution >= 0.6 is 0 Å². The van der Waals surface area contributed by atoms with Crippen LogP contribution in [-0.2, 0) is 10.0 Å². The molecule has 0 atom stereocenters. The van der Waals surface area contributed by atoms with E-state index in [1.54, 1.807) is 4.90 Å². The molecule has 1 fully saturated rings. The lowest BCUT2D eigenvalue weighted by Crippen LogP contribution is -2.46. The van der Waals surface area contributed by atoms with Gasteiger partial charge in [-0.25, -0.2) is 13.1 Å². The monoisotopic (exact) mass is 296 g/mol. The molecule has 0 aromatic heterocycles. The summed E-state index contributed by atoms with van der Waals surface area (Å²) in [6, 6.07) is 7.46. The Hall–Kier alpha value is -1.40. The molecule has 1 N–H and O–H groups in total. The van der Waals surface area contributed by atoms with Gasteiger partial charge in [0.15, 0.2) is 0 Å². The number of carbonyl (C=O) groups is 1. The maximum Gasteiger partial charge on any atom is 0.254 e. The van der Waals surface area contributed by atoms with Gasteiger partial charge in [-0.15, -0.1) is 0 Å². The van der Waals surface area contributed by atoms with Crippen molar-refractivity contribution in [3.8, 4) is 0 Å². The van der Waals surface area contributed by atoms with Gasteiger partial charge in [0, 0.05) is 24.7 Å². The van der Waals surface area contributed by atoms with E-state index in [4.69, 9.17) is 0 Å². The smallest absolute Gasteiger partial charge is 0.254 e. The molecule has 1 saturated heterocycles. The SMILES string of the molecule is Cc1ccccc1C(=O)N1CCC(NS(C)(=O)=O)CC1. The summed E-state index contributed by atoms with van der Waals surface area (Å²) >= 11 is 0. The first-order chi connectivity index (χ1) is 9.37. The van der Waals surface area contributed by atoms with Gasteiger partial charge in [-0.3, -0.25) is 4.79 Å². The number of hydrogen-bond acceptors (Lipinski definition) is 3. The predicted molar refractivity (Wildman–Crippen MR) is 78.1 cm³/mol. The molecule has 0 bridgehead atoms. The van der Waals surface area contributed by atoms with Crippen LogP contribution in [0, 0.1) is 6.92 Å². The number of nitrogens with one attached hydrogen (secondary N) is 1. The standard InChI is InChI=1S/C14H20N2O3S/c1-11-5-3-4-6-13(11)14(17)16-9-7-12(8-10-16)15-20(2,18)19/h3-6,12,15H,7-10H2,1-2H3. The van der Waals surface area contributed by atoms with Gasteiger partial charge in [-0.1, -0.05) is 18.2 Å². The van der Waals surface area contributed by atoms with Crippen LogP contribution in [0.3, 0.4) is 0 Å². The normalized spacial score (nSPS) is 17.2. The second-order valence-corrected chi connectivity index (χ2v) is 7.05. The predicted octanol–water partition coefficient (Wildman–Crippen LogP) is 1.15. The number of hydrogen-bond donors (Lipinski definition) is 1. The first kappa shape index (κ1) is 15.0. The van der Waals surface area contributed by atoms with Crippen LogP contribution in [0.5, 0.6) is 0 Å². The van der Waals surface area contributed by atoms with Gasteiger partial charge < -0.3 is 4.90 Å². The summed E-state index contributed by atoms with van der Waals surface area (Å²) in [5.41, 5.74) is 1.69. The lowest BCUT2D eigenvalue weighted by molar-refractivity contribution is 0.0710. The number of piperidine rings is 1. The molecule has 0 spiro atoms. The summed E-state index contributed by atoms with van der Waals surface area (Å²) in [6.45, 7) is 3.09. The average Bonchev–Trinajstić information content (AvgIpc) is 2.37. The fourth-order valence-electron chi connectivity index (χ4n) is 2.49. The molecule has 1 amide bonds. The second kappa shape index (κ2) is 5.93. The van der Waals surface area contributed by atoms with Crippen LogP contribution in [0.25, 0.3) is 0 Å². The number of benzene rings is 1. The molecule has 1 heterocycles. The summed E-state index contributed by atoms with van der Waals surface area (Å²) in [5.74, 6) is 0.0286. The van der Waals surface area contributed by atoms with Crippen molar-refractivity contribution in [2.24, 2.45) is 0 Å². The van der Waals surface area contributed by atoms with Crippen molar-refractivity contribution < 1.29 is 13.2 Å². The van der Waals surface area contributed by atoms with E-state index in [1.165, 1.54) is 0 Å². The van der Waals surface area contributed by atoms with Gasteiger partial charge in [0.2, 0.25) is 10.0 Å². The number of nitrogens with zero attached hydrogens (tertiary/aromatic N) is 1. The Morgan fingerprint density at radius 3 is 2.40 bits per heavy atom. The molecular formula is C14H20N2O3S. The van der Waals surface area contributed by atoms with E-state index in [9.17, 15) is 13.2 Å². The third-order valence-corrected chi connectivity index (χ3v) is 4.30. The van der Waals surface area contributed by atoms with Gasteiger partial charge in [0.1, 0.15) is 0 Å². The lowest BCUT2D eigenvalue weighted by Gasteiger charge is -2.32. The van der Waals surface area contributed by atoms with Gasteiger partial charge in [-0.2, -0.15) is 0 Å². The van der Waals surface area contributed by atoms with Crippen LogP contribution in [0.15, 0.2) is 24.3 Å². The molecule has 2 rings (SSSR count). The van der Waals surface area contributed by atoms with Crippen LogP contribution in [0.2, 0.25) is 0 Å². The molecule has 0 aliphatic carbocycles. The maximum absolute atomic E-state index is 12.4. The minimum atomic E-state index is -3.17. The second-order valence-electron chi connectivity index (χ2n) is 5.27. The highest BCUT2D eigenvalue weighted by atomic mass is 32.2. The molecule has 5 nitrogen and oxygen atoms in total. The van der Waals surface area contributed by atoms with Crippen molar-refractivity contribution in [2.45, 2.75) is 25.8 Å². The Labute approximate surface area is 120 Å². The fourth-order valence-corrected chi connectivity index (χ4v) is 3.33. The summed E-state index contributed by atoms with van der Waals surface area (Å²) in [6.07, 6.45) is 2.48. The zero-order chi connectivity index (χ0) is 14.8. The Morgan fingerprint density at radius 2 is 1.85 bits per heavy atom. The zero-order valence-electron chi connectivity index (χ0n) is 11.8. The van der Waals surface area contributed by atoms with Crippen LogP contribution in [0.4, 0.5) is 0 Å². The fraction of sp³-hybridized carbons (Fsp3) is 0.500. The van der Waals surface area contributed by atoms with Gasteiger partial charge in [0.25, 0.3) is 5.91 Å². The third kappa shape index (κ3) is 3.80. The van der Waals surface area contributed by atoms with Crippen LogP contribution in [-0.4, -0.2) is 44.6 Å². The Kier molecular flexibility index (Phi) is 4.45. The molecular weight excluding hydrogens is 276 g/mol. The van der Waals surface area contributed by atoms with Crippen LogP contribution < -0.4 is 4.72 Å². The Balaban J connectivity index is 1.97. The molecule has 110 valence electrons. The molecule has 20 heavy (non-hydrogen) atoms. The van der Waals surface area contributed by atoms with Crippen molar-refractivity contribution in [3.63, 3.8) is 0 Å². The number of likely N-dealkylation sites (tertiary alicyclic amines) is 1. The number of aryl methyl sites for hydroxylation is 1. The van der Waals surface area contributed by atoms with Crippen LogP contribution in [0.1, 0.15) is 28.8 Å². The van der Waals surface area contributed by atoms with Crippen molar-refractivity contribution in [3.05, 3.63) is 35.4 Å². The molecule has 1 aliphatic heterocycles. The molecule has 0 saturated carbocycles. The number of amides is 1. The summed E-state index contributed by atoms with van der Waals surface area (Å²) in [7, 11) is -3.17. The van der Waals surface area contributed by atoms with E-state index < -0.39 is 10.0 Å². The van der Waals surface area contributed by atoms with Crippen molar-refractivity contribution in [1.82, 2.24) is 9.62 Å². The molecule has 0 radical (unpaired) electrons. The highest BCUT2D eigenvalue weighted by molar-refractivity contribution is 7.88. The van der Waals surface area contributed by atoms with E-state index in [2.05, 4.69) is 4.72 Å². The van der Waals surface area contributed by atoms with Crippen molar-refractivity contribution >= 4 is 15.9 Å². The minimum absolute atomic E-state index is 0.0286. The molecule has 1 aromatic carbocycles. The Morgan fingerprint density at radius 1 is 1.25 bits per heavy atom. The molecule has 0 unspecified atom stereocenters. The summed E-state index contributed by atoms with van der Waals surface area (Å²) in [4.78, 5) is 14.2. The maximum atomic E-state index is 12.4. The zero-order valence-corrected chi connectivity index (χ0v) is 12.6. The molecule has 1 aromatic rings. The van der Waals surface area contributed by atoms with E-state index in [-0.39, 0.29) is 11.9 Å². The highest BCUT2D eigenvalue weighted by Gasteiger charge is 2.25. The van der Waals surface area contributed by atoms with Gasteiger partial charge in [-0.05, 0) is 31.4 Å². The average molecular weight is 296 g/mol. The quantitative estimate of drug-likeness (QED) is 0.910. The number of rotatable bonds is 3. The summed E-state index contributed by atoms with van der Waals surface area (Å²) < 4.78 is 25.0. The van der Waals surface area contributed by atoms with E-state index in [1.807, 2.05) is 31.2 Å². The molecule has 6 heteroatoms. The Bertz CT molecular complexity index is 590. The third-order valence-electron chi connectivity index (χ3n) is 3.54. The van der Waals surface area contributed by atoms with Gasteiger partial charge in [0.05, 0.1) is 6.26 Å². The van der Waals surface area contributed by atoms with E-state index >= 15 is 0 Å². The first-order valence-electron chi connectivity index (χ1n) is 6.69. The lowest BCUT2D eigenvalue weighted by atomic mass is 10.0. The minimum Gasteiger partial charge on any atom is -0.339 e. The van der Waals surface area contributed by atoms with Gasteiger partial charge >= 0.3 is 0 Å². The summed E-state index contributed by atoms with van der Waals surface area (Å²) in [5, 5.41) is 0. The topological polar surface area (TPSA) is 66.5 Å². The van der Waals surface area contributed by atoms with Crippen molar-refractivity contribution in [2.75, 3.05) is 19.3 Å². The molecule has 1 aliphatic rings. The van der Waals surface area contributed by atoms with E-state index in [0.717, 1.165) is 17.4 Å². The number of sulfonamides is 1.